The van der Waals surface area contributed by atoms with Crippen molar-refractivity contribution >= 4 is 11.7 Å². The predicted molar refractivity (Wildman–Crippen MR) is 82.4 cm³/mol. The number of carbonyl (C=O) groups excluding carboxylic acids is 1. The van der Waals surface area contributed by atoms with Gasteiger partial charge >= 0.3 is 0 Å². The van der Waals surface area contributed by atoms with Gasteiger partial charge in [0, 0.05) is 30.5 Å². The Morgan fingerprint density at radius 3 is 2.76 bits per heavy atom. The molecule has 112 valence electrons. The number of nitrogens with one attached hydrogen (secondary N) is 2. The number of carbonyl (C=O) groups is 1. The Bertz CT molecular complexity index is 635. The monoisotopic (exact) mass is 287 g/mol. The third-order valence-corrected chi connectivity index (χ3v) is 3.21. The van der Waals surface area contributed by atoms with Crippen molar-refractivity contribution in [2.45, 2.75) is 33.4 Å². The third kappa shape index (κ3) is 3.81. The molecule has 0 spiro atoms. The molecule has 2 heterocycles. The summed E-state index contributed by atoms with van der Waals surface area (Å²) in [6.45, 7) is 6.59. The maximum Gasteiger partial charge on any atom is 0.251 e. The number of amides is 1. The molecule has 21 heavy (non-hydrogen) atoms. The lowest BCUT2D eigenvalue weighted by Gasteiger charge is -2.15. The van der Waals surface area contributed by atoms with Crippen LogP contribution in [0, 0.1) is 13.8 Å². The van der Waals surface area contributed by atoms with E-state index >= 15 is 0 Å². The number of aryl methyl sites for hydroxylation is 2. The van der Waals surface area contributed by atoms with Crippen LogP contribution >= 0.6 is 0 Å². The van der Waals surface area contributed by atoms with Gasteiger partial charge in [0.2, 0.25) is 0 Å². The summed E-state index contributed by atoms with van der Waals surface area (Å²) in [5.74, 6) is 0.566. The molecule has 2 aromatic heterocycles. The average molecular weight is 287 g/mol. The van der Waals surface area contributed by atoms with Crippen LogP contribution in [0.4, 0.5) is 5.82 Å². The highest BCUT2D eigenvalue weighted by molar-refractivity contribution is 5.94. The number of hydrogen-bond acceptors (Lipinski definition) is 4. The quantitative estimate of drug-likeness (QED) is 0.879. The molecule has 0 bridgehead atoms. The minimum atomic E-state index is -0.108. The second-order valence-electron chi connectivity index (χ2n) is 5.16. The minimum Gasteiger partial charge on any atom is -0.373 e. The van der Waals surface area contributed by atoms with Crippen LogP contribution in [-0.4, -0.2) is 33.8 Å². The fourth-order valence-corrected chi connectivity index (χ4v) is 2.18. The van der Waals surface area contributed by atoms with E-state index in [1.807, 2.05) is 31.5 Å². The largest absolute Gasteiger partial charge is 0.373 e. The molecule has 0 saturated heterocycles. The van der Waals surface area contributed by atoms with Crippen molar-refractivity contribution < 1.29 is 4.79 Å². The molecule has 0 radical (unpaired) electrons. The second kappa shape index (κ2) is 6.39. The van der Waals surface area contributed by atoms with Gasteiger partial charge in [-0.3, -0.25) is 9.48 Å². The van der Waals surface area contributed by atoms with Gasteiger partial charge in [-0.1, -0.05) is 0 Å². The van der Waals surface area contributed by atoms with Crippen LogP contribution in [0.2, 0.25) is 0 Å². The van der Waals surface area contributed by atoms with Gasteiger partial charge in [-0.15, -0.1) is 0 Å². The summed E-state index contributed by atoms with van der Waals surface area (Å²) in [7, 11) is 1.77. The van der Waals surface area contributed by atoms with Crippen LogP contribution in [0.25, 0.3) is 0 Å². The van der Waals surface area contributed by atoms with Gasteiger partial charge in [0.15, 0.2) is 0 Å². The highest BCUT2D eigenvalue weighted by atomic mass is 16.1. The van der Waals surface area contributed by atoms with Crippen molar-refractivity contribution in [1.29, 1.82) is 0 Å². The van der Waals surface area contributed by atoms with E-state index in [1.165, 1.54) is 0 Å². The van der Waals surface area contributed by atoms with Gasteiger partial charge in [0.25, 0.3) is 5.91 Å². The molecule has 0 fully saturated rings. The van der Waals surface area contributed by atoms with Crippen molar-refractivity contribution in [1.82, 2.24) is 20.1 Å². The van der Waals surface area contributed by atoms with E-state index in [2.05, 4.69) is 20.7 Å². The summed E-state index contributed by atoms with van der Waals surface area (Å²) in [6, 6.07) is 5.44. The van der Waals surface area contributed by atoms with E-state index < -0.39 is 0 Å². The zero-order valence-electron chi connectivity index (χ0n) is 12.8. The first-order chi connectivity index (χ1) is 9.99. The fraction of sp³-hybridized carbons (Fsp3) is 0.400. The molecule has 0 aliphatic heterocycles. The number of rotatable bonds is 5. The Balaban J connectivity index is 2.00. The molecule has 6 nitrogen and oxygen atoms in total. The molecule has 2 N–H and O–H groups in total. The number of anilines is 1. The maximum absolute atomic E-state index is 12.2. The van der Waals surface area contributed by atoms with Gasteiger partial charge in [-0.2, -0.15) is 5.10 Å². The number of hydrogen-bond donors (Lipinski definition) is 2. The Hall–Kier alpha value is -2.37. The molecule has 2 rings (SSSR count). The number of pyridine rings is 1. The Labute approximate surface area is 124 Å². The molecule has 1 amide bonds. The SMILES string of the molecule is CNc1cc(C(=O)NC(C)Cn2nc(C)cc2C)ccn1. The third-order valence-electron chi connectivity index (χ3n) is 3.21. The Morgan fingerprint density at radius 1 is 1.38 bits per heavy atom. The molecule has 1 atom stereocenters. The van der Waals surface area contributed by atoms with Crippen LogP contribution in [0.15, 0.2) is 24.4 Å². The summed E-state index contributed by atoms with van der Waals surface area (Å²) in [4.78, 5) is 16.3. The van der Waals surface area contributed by atoms with E-state index in [1.54, 1.807) is 25.4 Å². The lowest BCUT2D eigenvalue weighted by Crippen LogP contribution is -2.36. The summed E-state index contributed by atoms with van der Waals surface area (Å²) in [6.07, 6.45) is 1.62. The topological polar surface area (TPSA) is 71.8 Å². The van der Waals surface area contributed by atoms with Gasteiger partial charge in [-0.05, 0) is 39.0 Å². The summed E-state index contributed by atoms with van der Waals surface area (Å²) < 4.78 is 1.91. The van der Waals surface area contributed by atoms with E-state index in [0.29, 0.717) is 17.9 Å². The normalized spacial score (nSPS) is 12.0. The van der Waals surface area contributed by atoms with Gasteiger partial charge in [0.1, 0.15) is 5.82 Å². The molecule has 6 heteroatoms. The van der Waals surface area contributed by atoms with E-state index in [9.17, 15) is 4.79 Å². The maximum atomic E-state index is 12.2. The van der Waals surface area contributed by atoms with Gasteiger partial charge in [-0.25, -0.2) is 4.98 Å². The highest BCUT2D eigenvalue weighted by Gasteiger charge is 2.12. The van der Waals surface area contributed by atoms with Crippen molar-refractivity contribution in [3.63, 3.8) is 0 Å². The first-order valence-electron chi connectivity index (χ1n) is 6.95. The van der Waals surface area contributed by atoms with Crippen molar-refractivity contribution in [3.05, 3.63) is 41.3 Å². The first-order valence-corrected chi connectivity index (χ1v) is 6.95. The number of aromatic nitrogens is 3. The molecule has 0 aliphatic carbocycles. The lowest BCUT2D eigenvalue weighted by atomic mass is 10.2. The summed E-state index contributed by atoms with van der Waals surface area (Å²) in [5, 5.41) is 10.3. The smallest absolute Gasteiger partial charge is 0.251 e. The Kier molecular flexibility index (Phi) is 4.57. The molecule has 0 aromatic carbocycles. The zero-order chi connectivity index (χ0) is 15.4. The van der Waals surface area contributed by atoms with Crippen LogP contribution < -0.4 is 10.6 Å². The molecule has 2 aromatic rings. The standard InChI is InChI=1S/C15H21N5O/c1-10-7-12(3)20(19-10)9-11(2)18-15(21)13-5-6-17-14(8-13)16-4/h5-8,11H,9H2,1-4H3,(H,16,17)(H,18,21). The van der Waals surface area contributed by atoms with Crippen LogP contribution in [0.5, 0.6) is 0 Å². The molecule has 1 unspecified atom stereocenters. The average Bonchev–Trinajstić information content (AvgIpc) is 2.76. The molecule has 0 saturated carbocycles. The lowest BCUT2D eigenvalue weighted by molar-refractivity contribution is 0.0935. The van der Waals surface area contributed by atoms with Crippen LogP contribution in [0.3, 0.4) is 0 Å². The Morgan fingerprint density at radius 2 is 2.14 bits per heavy atom. The zero-order valence-corrected chi connectivity index (χ0v) is 12.8. The summed E-state index contributed by atoms with van der Waals surface area (Å²) >= 11 is 0. The van der Waals surface area contributed by atoms with Crippen LogP contribution in [-0.2, 0) is 6.54 Å². The first kappa shape index (κ1) is 15.0. The van der Waals surface area contributed by atoms with Crippen molar-refractivity contribution in [2.24, 2.45) is 0 Å². The van der Waals surface area contributed by atoms with E-state index in [4.69, 9.17) is 0 Å². The number of nitrogens with zero attached hydrogens (tertiary/aromatic N) is 3. The fourth-order valence-electron chi connectivity index (χ4n) is 2.18. The summed E-state index contributed by atoms with van der Waals surface area (Å²) in [5.41, 5.74) is 2.67. The van der Waals surface area contributed by atoms with Gasteiger partial charge < -0.3 is 10.6 Å². The van der Waals surface area contributed by atoms with E-state index in [0.717, 1.165) is 11.4 Å². The predicted octanol–water partition coefficient (Wildman–Crippen LogP) is 1.76. The van der Waals surface area contributed by atoms with Crippen LogP contribution in [0.1, 0.15) is 28.7 Å². The second-order valence-corrected chi connectivity index (χ2v) is 5.16. The molecular weight excluding hydrogens is 266 g/mol. The van der Waals surface area contributed by atoms with Gasteiger partial charge in [0.05, 0.1) is 12.2 Å². The minimum absolute atomic E-state index is 0.0123. The molecule has 0 aliphatic rings. The van der Waals surface area contributed by atoms with E-state index in [-0.39, 0.29) is 11.9 Å². The highest BCUT2D eigenvalue weighted by Crippen LogP contribution is 2.07. The molecular formula is C15H21N5O. The van der Waals surface area contributed by atoms with Crippen molar-refractivity contribution in [2.75, 3.05) is 12.4 Å². The van der Waals surface area contributed by atoms with Crippen molar-refractivity contribution in [3.8, 4) is 0 Å².